The van der Waals surface area contributed by atoms with Crippen LogP contribution >= 0.6 is 0 Å². The molecule has 2 rings (SSSR count). The molecule has 1 aromatic heterocycles. The van der Waals surface area contributed by atoms with Gasteiger partial charge in [0.2, 0.25) is 0 Å². The molecule has 0 saturated carbocycles. The Labute approximate surface area is 98.5 Å². The van der Waals surface area contributed by atoms with E-state index in [0.717, 1.165) is 5.56 Å². The van der Waals surface area contributed by atoms with Crippen molar-refractivity contribution in [2.24, 2.45) is 0 Å². The third-order valence-corrected chi connectivity index (χ3v) is 2.32. The number of rotatable bonds is 2. The van der Waals surface area contributed by atoms with E-state index in [1.165, 1.54) is 13.2 Å². The zero-order chi connectivity index (χ0) is 12.3. The lowest BCUT2D eigenvalue weighted by Crippen LogP contribution is -2.05. The number of carbonyl (C=O) groups is 1. The summed E-state index contributed by atoms with van der Waals surface area (Å²) in [5, 5.41) is 9.52. The standard InChI is InChI=1S/C13H11NO3/c1-17-13(16)12-11(15)8-7-10(14-12)9-5-3-2-4-6-9/h2-8,15H,1H3. The van der Waals surface area contributed by atoms with Gasteiger partial charge in [0, 0.05) is 5.56 Å². The van der Waals surface area contributed by atoms with Crippen molar-refractivity contribution in [3.63, 3.8) is 0 Å². The lowest BCUT2D eigenvalue weighted by atomic mass is 10.1. The highest BCUT2D eigenvalue weighted by atomic mass is 16.5. The number of hydrogen-bond acceptors (Lipinski definition) is 4. The maximum atomic E-state index is 11.4. The lowest BCUT2D eigenvalue weighted by molar-refractivity contribution is 0.0590. The first-order chi connectivity index (χ1) is 8.22. The van der Waals surface area contributed by atoms with Gasteiger partial charge in [0.1, 0.15) is 5.75 Å². The molecule has 1 aromatic carbocycles. The minimum Gasteiger partial charge on any atom is -0.505 e. The minimum absolute atomic E-state index is 0.0751. The zero-order valence-corrected chi connectivity index (χ0v) is 9.25. The van der Waals surface area contributed by atoms with E-state index in [0.29, 0.717) is 5.69 Å². The Hall–Kier alpha value is -2.36. The molecule has 4 heteroatoms. The summed E-state index contributed by atoms with van der Waals surface area (Å²) >= 11 is 0. The summed E-state index contributed by atoms with van der Waals surface area (Å²) < 4.78 is 4.55. The normalized spacial score (nSPS) is 9.94. The smallest absolute Gasteiger partial charge is 0.360 e. The Morgan fingerprint density at radius 1 is 1.18 bits per heavy atom. The van der Waals surface area contributed by atoms with E-state index < -0.39 is 5.97 Å². The molecule has 0 spiro atoms. The van der Waals surface area contributed by atoms with Gasteiger partial charge < -0.3 is 9.84 Å². The fraction of sp³-hybridized carbons (Fsp3) is 0.0769. The number of pyridine rings is 1. The molecule has 0 amide bonds. The summed E-state index contributed by atoms with van der Waals surface area (Å²) in [6.07, 6.45) is 0. The Bertz CT molecular complexity index is 538. The second kappa shape index (κ2) is 4.65. The quantitative estimate of drug-likeness (QED) is 0.802. The zero-order valence-electron chi connectivity index (χ0n) is 9.25. The van der Waals surface area contributed by atoms with E-state index in [-0.39, 0.29) is 11.4 Å². The van der Waals surface area contributed by atoms with Gasteiger partial charge in [-0.25, -0.2) is 9.78 Å². The summed E-state index contributed by atoms with van der Waals surface area (Å²) in [6, 6.07) is 12.5. The van der Waals surface area contributed by atoms with Gasteiger partial charge in [0.25, 0.3) is 0 Å². The van der Waals surface area contributed by atoms with Crippen LogP contribution in [0.15, 0.2) is 42.5 Å². The second-order valence-corrected chi connectivity index (χ2v) is 3.42. The number of nitrogens with zero attached hydrogens (tertiary/aromatic N) is 1. The van der Waals surface area contributed by atoms with Gasteiger partial charge in [-0.05, 0) is 12.1 Å². The van der Waals surface area contributed by atoms with Crippen LogP contribution < -0.4 is 0 Å². The van der Waals surface area contributed by atoms with Crippen LogP contribution in [0.25, 0.3) is 11.3 Å². The summed E-state index contributed by atoms with van der Waals surface area (Å²) in [6.45, 7) is 0. The Kier molecular flexibility index (Phi) is 3.05. The maximum Gasteiger partial charge on any atom is 0.360 e. The Morgan fingerprint density at radius 2 is 1.88 bits per heavy atom. The van der Waals surface area contributed by atoms with E-state index in [2.05, 4.69) is 9.72 Å². The first kappa shape index (κ1) is 11.1. The molecule has 17 heavy (non-hydrogen) atoms. The molecule has 86 valence electrons. The lowest BCUT2D eigenvalue weighted by Gasteiger charge is -2.05. The average molecular weight is 229 g/mol. The molecule has 0 radical (unpaired) electrons. The molecule has 0 saturated heterocycles. The van der Waals surface area contributed by atoms with Gasteiger partial charge in [0.15, 0.2) is 5.69 Å². The molecule has 0 bridgehead atoms. The van der Waals surface area contributed by atoms with E-state index >= 15 is 0 Å². The molecular formula is C13H11NO3. The van der Waals surface area contributed by atoms with Crippen molar-refractivity contribution in [3.05, 3.63) is 48.2 Å². The first-order valence-corrected chi connectivity index (χ1v) is 5.06. The van der Waals surface area contributed by atoms with Crippen molar-refractivity contribution in [2.75, 3.05) is 7.11 Å². The largest absolute Gasteiger partial charge is 0.505 e. The molecule has 0 unspecified atom stereocenters. The highest BCUT2D eigenvalue weighted by Gasteiger charge is 2.14. The molecule has 0 fully saturated rings. The summed E-state index contributed by atoms with van der Waals surface area (Å²) in [7, 11) is 1.25. The third kappa shape index (κ3) is 2.25. The molecule has 4 nitrogen and oxygen atoms in total. The highest BCUT2D eigenvalue weighted by molar-refractivity contribution is 5.90. The number of hydrogen-bond donors (Lipinski definition) is 1. The minimum atomic E-state index is -0.653. The molecule has 0 aliphatic rings. The van der Waals surface area contributed by atoms with Crippen molar-refractivity contribution in [3.8, 4) is 17.0 Å². The number of ether oxygens (including phenoxy) is 1. The SMILES string of the molecule is COC(=O)c1nc(-c2ccccc2)ccc1O. The van der Waals surface area contributed by atoms with Crippen molar-refractivity contribution in [2.45, 2.75) is 0 Å². The summed E-state index contributed by atoms with van der Waals surface area (Å²) in [5.41, 5.74) is 1.41. The van der Waals surface area contributed by atoms with Crippen LogP contribution in [-0.4, -0.2) is 23.2 Å². The number of benzene rings is 1. The van der Waals surface area contributed by atoms with Crippen LogP contribution in [0.2, 0.25) is 0 Å². The fourth-order valence-corrected chi connectivity index (χ4v) is 1.47. The molecule has 0 aliphatic carbocycles. The Morgan fingerprint density at radius 3 is 2.53 bits per heavy atom. The van der Waals surface area contributed by atoms with Crippen molar-refractivity contribution in [1.29, 1.82) is 0 Å². The summed E-state index contributed by atoms with van der Waals surface area (Å²) in [4.78, 5) is 15.5. The monoisotopic (exact) mass is 229 g/mol. The highest BCUT2D eigenvalue weighted by Crippen LogP contribution is 2.22. The average Bonchev–Trinajstić information content (AvgIpc) is 2.39. The second-order valence-electron chi connectivity index (χ2n) is 3.42. The predicted octanol–water partition coefficient (Wildman–Crippen LogP) is 2.24. The number of carbonyl (C=O) groups excluding carboxylic acids is 1. The van der Waals surface area contributed by atoms with E-state index in [1.807, 2.05) is 30.3 Å². The van der Waals surface area contributed by atoms with Crippen molar-refractivity contribution >= 4 is 5.97 Å². The molecule has 2 aromatic rings. The number of esters is 1. The van der Waals surface area contributed by atoms with Crippen LogP contribution in [0.1, 0.15) is 10.5 Å². The van der Waals surface area contributed by atoms with Crippen LogP contribution in [0.3, 0.4) is 0 Å². The van der Waals surface area contributed by atoms with Crippen LogP contribution in [0.5, 0.6) is 5.75 Å². The predicted molar refractivity (Wildman–Crippen MR) is 62.7 cm³/mol. The van der Waals surface area contributed by atoms with Gasteiger partial charge in [-0.2, -0.15) is 0 Å². The molecule has 0 aliphatic heterocycles. The number of methoxy groups -OCH3 is 1. The molecule has 1 heterocycles. The van der Waals surface area contributed by atoms with Gasteiger partial charge in [-0.3, -0.25) is 0 Å². The van der Waals surface area contributed by atoms with Gasteiger partial charge in [-0.15, -0.1) is 0 Å². The number of aromatic hydroxyl groups is 1. The van der Waals surface area contributed by atoms with Crippen LogP contribution in [0, 0.1) is 0 Å². The van der Waals surface area contributed by atoms with Gasteiger partial charge in [-0.1, -0.05) is 30.3 Å². The summed E-state index contributed by atoms with van der Waals surface area (Å²) in [5.74, 6) is -0.836. The fourth-order valence-electron chi connectivity index (χ4n) is 1.47. The van der Waals surface area contributed by atoms with Crippen molar-refractivity contribution in [1.82, 2.24) is 4.98 Å². The van der Waals surface area contributed by atoms with E-state index in [1.54, 1.807) is 6.07 Å². The van der Waals surface area contributed by atoms with Crippen molar-refractivity contribution < 1.29 is 14.6 Å². The van der Waals surface area contributed by atoms with E-state index in [4.69, 9.17) is 0 Å². The van der Waals surface area contributed by atoms with Gasteiger partial charge >= 0.3 is 5.97 Å². The third-order valence-electron chi connectivity index (χ3n) is 2.32. The van der Waals surface area contributed by atoms with E-state index in [9.17, 15) is 9.90 Å². The van der Waals surface area contributed by atoms with Crippen LogP contribution in [-0.2, 0) is 4.74 Å². The van der Waals surface area contributed by atoms with Gasteiger partial charge in [0.05, 0.1) is 12.8 Å². The maximum absolute atomic E-state index is 11.4. The number of aromatic nitrogens is 1. The molecular weight excluding hydrogens is 218 g/mol. The van der Waals surface area contributed by atoms with Crippen LogP contribution in [0.4, 0.5) is 0 Å². The molecule has 0 atom stereocenters. The first-order valence-electron chi connectivity index (χ1n) is 5.06. The Balaban J connectivity index is 2.48. The topological polar surface area (TPSA) is 59.4 Å². The molecule has 1 N–H and O–H groups in total.